The second-order valence-electron chi connectivity index (χ2n) is 3.61. The van der Waals surface area contributed by atoms with E-state index in [0.717, 1.165) is 17.1 Å². The van der Waals surface area contributed by atoms with E-state index in [0.29, 0.717) is 5.69 Å². The lowest BCUT2D eigenvalue weighted by Crippen LogP contribution is -2.02. The summed E-state index contributed by atoms with van der Waals surface area (Å²) >= 11 is 1.80. The lowest BCUT2D eigenvalue weighted by Gasteiger charge is -2.10. The first-order chi connectivity index (χ1) is 7.24. The van der Waals surface area contributed by atoms with Gasteiger partial charge in [0, 0.05) is 11.4 Å². The zero-order valence-electron chi connectivity index (χ0n) is 9.15. The van der Waals surface area contributed by atoms with Crippen LogP contribution in [0.4, 0.5) is 5.69 Å². The number of aliphatic hydroxyl groups excluding tert-OH is 1. The average Bonchev–Trinajstić information content (AvgIpc) is 2.24. The van der Waals surface area contributed by atoms with E-state index in [1.165, 1.54) is 12.8 Å². The van der Waals surface area contributed by atoms with E-state index in [9.17, 15) is 5.11 Å². The summed E-state index contributed by atoms with van der Waals surface area (Å²) in [5.41, 5.74) is 7.28. The van der Waals surface area contributed by atoms with E-state index in [-0.39, 0.29) is 0 Å². The van der Waals surface area contributed by atoms with Gasteiger partial charge in [-0.05, 0) is 29.9 Å². The van der Waals surface area contributed by atoms with E-state index >= 15 is 0 Å². The quantitative estimate of drug-likeness (QED) is 0.578. The molecule has 3 heteroatoms. The minimum absolute atomic E-state index is 0.393. The van der Waals surface area contributed by atoms with Gasteiger partial charge in [0.1, 0.15) is 0 Å². The second kappa shape index (κ2) is 6.75. The third-order valence-electron chi connectivity index (χ3n) is 2.21. The molecule has 1 aromatic carbocycles. The molecule has 0 bridgehead atoms. The third-order valence-corrected chi connectivity index (χ3v) is 3.34. The van der Waals surface area contributed by atoms with Crippen molar-refractivity contribution in [2.45, 2.75) is 25.9 Å². The largest absolute Gasteiger partial charge is 0.399 e. The molecule has 0 saturated carbocycles. The fourth-order valence-corrected chi connectivity index (χ4v) is 2.38. The molecular formula is C12H19NOS. The predicted molar refractivity (Wildman–Crippen MR) is 68.0 cm³/mol. The van der Waals surface area contributed by atoms with E-state index in [4.69, 9.17) is 5.73 Å². The van der Waals surface area contributed by atoms with Crippen LogP contribution in [0.3, 0.4) is 0 Å². The molecule has 0 aromatic heterocycles. The van der Waals surface area contributed by atoms with Crippen LogP contribution in [0.25, 0.3) is 0 Å². The summed E-state index contributed by atoms with van der Waals surface area (Å²) in [6.07, 6.45) is 2.03. The lowest BCUT2D eigenvalue weighted by atomic mass is 10.1. The fraction of sp³-hybridized carbons (Fsp3) is 0.500. The van der Waals surface area contributed by atoms with Crippen LogP contribution in [0.15, 0.2) is 24.3 Å². The minimum Gasteiger partial charge on any atom is -0.399 e. The molecule has 0 amide bonds. The first-order valence-electron chi connectivity index (χ1n) is 5.35. The highest BCUT2D eigenvalue weighted by Gasteiger charge is 2.06. The van der Waals surface area contributed by atoms with Crippen LogP contribution in [0.5, 0.6) is 0 Å². The van der Waals surface area contributed by atoms with Crippen molar-refractivity contribution in [1.82, 2.24) is 0 Å². The van der Waals surface area contributed by atoms with Crippen molar-refractivity contribution in [2.75, 3.05) is 17.2 Å². The zero-order chi connectivity index (χ0) is 11.1. The molecule has 0 heterocycles. The van der Waals surface area contributed by atoms with Gasteiger partial charge in [-0.25, -0.2) is 0 Å². The molecule has 0 fully saturated rings. The van der Waals surface area contributed by atoms with Gasteiger partial charge in [-0.3, -0.25) is 0 Å². The highest BCUT2D eigenvalue weighted by molar-refractivity contribution is 7.99. The summed E-state index contributed by atoms with van der Waals surface area (Å²) in [6.45, 7) is 2.18. The zero-order valence-corrected chi connectivity index (χ0v) is 9.96. The molecule has 1 aromatic rings. The molecule has 1 atom stereocenters. The van der Waals surface area contributed by atoms with Gasteiger partial charge < -0.3 is 10.8 Å². The van der Waals surface area contributed by atoms with Crippen LogP contribution >= 0.6 is 11.8 Å². The number of nitrogen functional groups attached to an aromatic ring is 1. The Bertz CT molecular complexity index is 291. The van der Waals surface area contributed by atoms with Gasteiger partial charge in [0.25, 0.3) is 0 Å². The fourth-order valence-electron chi connectivity index (χ4n) is 1.30. The maximum Gasteiger partial charge on any atom is 0.0881 e. The van der Waals surface area contributed by atoms with Gasteiger partial charge in [0.2, 0.25) is 0 Å². The highest BCUT2D eigenvalue weighted by Crippen LogP contribution is 2.20. The molecular weight excluding hydrogens is 206 g/mol. The molecule has 0 saturated heterocycles. The number of aliphatic hydroxyl groups is 1. The summed E-state index contributed by atoms with van der Waals surface area (Å²) in [5.74, 6) is 1.87. The number of anilines is 1. The Morgan fingerprint density at radius 3 is 2.93 bits per heavy atom. The number of hydrogen-bond donors (Lipinski definition) is 2. The molecule has 0 aliphatic heterocycles. The van der Waals surface area contributed by atoms with Crippen LogP contribution in [0, 0.1) is 0 Å². The Balaban J connectivity index is 2.36. The van der Waals surface area contributed by atoms with Crippen LogP contribution in [-0.2, 0) is 0 Å². The Labute approximate surface area is 95.9 Å². The van der Waals surface area contributed by atoms with Gasteiger partial charge in [-0.15, -0.1) is 0 Å². The summed E-state index contributed by atoms with van der Waals surface area (Å²) < 4.78 is 0. The topological polar surface area (TPSA) is 46.2 Å². The predicted octanol–water partition coefficient (Wildman–Crippen LogP) is 2.84. The minimum atomic E-state index is -0.393. The Morgan fingerprint density at radius 2 is 2.27 bits per heavy atom. The van der Waals surface area contributed by atoms with Crippen molar-refractivity contribution in [3.05, 3.63) is 29.8 Å². The van der Waals surface area contributed by atoms with Gasteiger partial charge >= 0.3 is 0 Å². The highest BCUT2D eigenvalue weighted by atomic mass is 32.2. The van der Waals surface area contributed by atoms with Crippen molar-refractivity contribution < 1.29 is 5.11 Å². The number of benzene rings is 1. The van der Waals surface area contributed by atoms with Crippen molar-refractivity contribution in [2.24, 2.45) is 0 Å². The monoisotopic (exact) mass is 225 g/mol. The Kier molecular flexibility index (Phi) is 5.58. The standard InChI is InChI=1S/C12H19NOS/c1-2-3-7-15-9-12(14)10-5-4-6-11(13)8-10/h4-6,8,12,14H,2-3,7,9,13H2,1H3. The molecule has 0 spiro atoms. The number of hydrogen-bond acceptors (Lipinski definition) is 3. The molecule has 3 N–H and O–H groups in total. The normalized spacial score (nSPS) is 12.7. The van der Waals surface area contributed by atoms with Crippen molar-refractivity contribution in [3.63, 3.8) is 0 Å². The van der Waals surface area contributed by atoms with Crippen molar-refractivity contribution in [3.8, 4) is 0 Å². The first kappa shape index (κ1) is 12.4. The van der Waals surface area contributed by atoms with Crippen molar-refractivity contribution in [1.29, 1.82) is 0 Å². The van der Waals surface area contributed by atoms with Gasteiger partial charge in [0.15, 0.2) is 0 Å². The van der Waals surface area contributed by atoms with Gasteiger partial charge in [0.05, 0.1) is 6.10 Å². The summed E-state index contributed by atoms with van der Waals surface area (Å²) in [7, 11) is 0. The summed E-state index contributed by atoms with van der Waals surface area (Å²) in [6, 6.07) is 7.47. The maximum atomic E-state index is 9.87. The third kappa shape index (κ3) is 4.58. The number of thioether (sulfide) groups is 1. The molecule has 0 aliphatic rings. The molecule has 0 aliphatic carbocycles. The van der Waals surface area contributed by atoms with Crippen LogP contribution in [0.2, 0.25) is 0 Å². The first-order valence-corrected chi connectivity index (χ1v) is 6.50. The molecule has 0 radical (unpaired) electrons. The number of unbranched alkanes of at least 4 members (excludes halogenated alkanes) is 1. The van der Waals surface area contributed by atoms with Gasteiger partial charge in [-0.2, -0.15) is 11.8 Å². The molecule has 1 unspecified atom stereocenters. The second-order valence-corrected chi connectivity index (χ2v) is 4.76. The summed E-state index contributed by atoms with van der Waals surface area (Å²) in [5, 5.41) is 9.87. The van der Waals surface area contributed by atoms with E-state index in [1.54, 1.807) is 11.8 Å². The van der Waals surface area contributed by atoms with Crippen LogP contribution in [0.1, 0.15) is 31.4 Å². The molecule has 2 nitrogen and oxygen atoms in total. The van der Waals surface area contributed by atoms with Gasteiger partial charge in [-0.1, -0.05) is 25.5 Å². The van der Waals surface area contributed by atoms with E-state index in [2.05, 4.69) is 6.92 Å². The SMILES string of the molecule is CCCCSCC(O)c1cccc(N)c1. The maximum absolute atomic E-state index is 9.87. The summed E-state index contributed by atoms with van der Waals surface area (Å²) in [4.78, 5) is 0. The van der Waals surface area contributed by atoms with Crippen molar-refractivity contribution >= 4 is 17.4 Å². The lowest BCUT2D eigenvalue weighted by molar-refractivity contribution is 0.204. The van der Waals surface area contributed by atoms with E-state index in [1.807, 2.05) is 24.3 Å². The molecule has 15 heavy (non-hydrogen) atoms. The van der Waals surface area contributed by atoms with E-state index < -0.39 is 6.10 Å². The number of rotatable bonds is 6. The van der Waals surface area contributed by atoms with Crippen LogP contribution < -0.4 is 5.73 Å². The Hall–Kier alpha value is -0.670. The molecule has 84 valence electrons. The smallest absolute Gasteiger partial charge is 0.0881 e. The average molecular weight is 225 g/mol. The molecule has 1 rings (SSSR count). The van der Waals surface area contributed by atoms with Crippen LogP contribution in [-0.4, -0.2) is 16.6 Å². The number of nitrogens with two attached hydrogens (primary N) is 1. The Morgan fingerprint density at radius 1 is 1.47 bits per heavy atom.